The summed E-state index contributed by atoms with van der Waals surface area (Å²) in [6.07, 6.45) is 1.65. The molecule has 116 valence electrons. The highest BCUT2D eigenvalue weighted by Gasteiger charge is 2.40. The van der Waals surface area contributed by atoms with Crippen LogP contribution in [0.3, 0.4) is 0 Å². The molecule has 0 unspecified atom stereocenters. The Bertz CT molecular complexity index is 459. The molecule has 0 aromatic heterocycles. The monoisotopic (exact) mass is 290 g/mol. The van der Waals surface area contributed by atoms with Crippen molar-refractivity contribution < 1.29 is 9.53 Å². The lowest BCUT2D eigenvalue weighted by Gasteiger charge is -2.36. The van der Waals surface area contributed by atoms with Crippen LogP contribution in [0.15, 0.2) is 24.3 Å². The van der Waals surface area contributed by atoms with E-state index in [1.54, 1.807) is 7.11 Å². The molecule has 1 aromatic carbocycles. The van der Waals surface area contributed by atoms with Crippen molar-refractivity contribution in [2.45, 2.75) is 32.7 Å². The van der Waals surface area contributed by atoms with Crippen molar-refractivity contribution in [2.75, 3.05) is 26.8 Å². The third kappa shape index (κ3) is 3.83. The van der Waals surface area contributed by atoms with E-state index in [4.69, 9.17) is 4.74 Å². The van der Waals surface area contributed by atoms with Gasteiger partial charge in [0.1, 0.15) is 0 Å². The minimum absolute atomic E-state index is 0.0155. The fourth-order valence-corrected chi connectivity index (χ4v) is 2.91. The number of amides is 1. The number of rotatable bonds is 5. The third-order valence-electron chi connectivity index (χ3n) is 4.39. The number of aryl methyl sites for hydroxylation is 1. The van der Waals surface area contributed by atoms with Crippen LogP contribution in [0.4, 0.5) is 0 Å². The number of benzene rings is 1. The normalized spacial score (nSPS) is 19.0. The maximum absolute atomic E-state index is 12.7. The SMILES string of the molecule is COCC1(C(=O)N[C@H](C)c2ccc(C)cc2)CCNCC1. The van der Waals surface area contributed by atoms with Crippen molar-refractivity contribution in [2.24, 2.45) is 5.41 Å². The molecule has 0 bridgehead atoms. The molecule has 2 rings (SSSR count). The summed E-state index contributed by atoms with van der Waals surface area (Å²) >= 11 is 0. The molecule has 1 aliphatic rings. The largest absolute Gasteiger partial charge is 0.384 e. The second kappa shape index (κ2) is 7.05. The van der Waals surface area contributed by atoms with Crippen LogP contribution in [-0.4, -0.2) is 32.7 Å². The Hall–Kier alpha value is -1.39. The van der Waals surface area contributed by atoms with Crippen LogP contribution in [0, 0.1) is 12.3 Å². The molecule has 0 saturated carbocycles. The van der Waals surface area contributed by atoms with E-state index in [2.05, 4.69) is 41.8 Å². The first kappa shape index (κ1) is 16.0. The van der Waals surface area contributed by atoms with Crippen molar-refractivity contribution in [3.05, 3.63) is 35.4 Å². The smallest absolute Gasteiger partial charge is 0.229 e. The molecule has 1 saturated heterocycles. The number of hydrogen-bond donors (Lipinski definition) is 2. The number of hydrogen-bond acceptors (Lipinski definition) is 3. The van der Waals surface area contributed by atoms with Gasteiger partial charge < -0.3 is 15.4 Å². The Morgan fingerprint density at radius 1 is 1.33 bits per heavy atom. The van der Waals surface area contributed by atoms with Gasteiger partial charge in [-0.3, -0.25) is 4.79 Å². The second-order valence-electron chi connectivity index (χ2n) is 6.07. The van der Waals surface area contributed by atoms with Crippen LogP contribution >= 0.6 is 0 Å². The predicted molar refractivity (Wildman–Crippen MR) is 84.1 cm³/mol. The fourth-order valence-electron chi connectivity index (χ4n) is 2.91. The van der Waals surface area contributed by atoms with Gasteiger partial charge in [-0.15, -0.1) is 0 Å². The number of carbonyl (C=O) groups is 1. The van der Waals surface area contributed by atoms with Gasteiger partial charge in [0.05, 0.1) is 18.1 Å². The van der Waals surface area contributed by atoms with Crippen LogP contribution in [0.5, 0.6) is 0 Å². The fraction of sp³-hybridized carbons (Fsp3) is 0.588. The van der Waals surface area contributed by atoms with Crippen molar-refractivity contribution in [1.29, 1.82) is 0 Å². The summed E-state index contributed by atoms with van der Waals surface area (Å²) in [7, 11) is 1.67. The van der Waals surface area contributed by atoms with Gasteiger partial charge in [-0.05, 0) is 45.3 Å². The molecule has 0 spiro atoms. The van der Waals surface area contributed by atoms with E-state index in [9.17, 15) is 4.79 Å². The van der Waals surface area contributed by atoms with Gasteiger partial charge in [0, 0.05) is 7.11 Å². The summed E-state index contributed by atoms with van der Waals surface area (Å²) in [5.74, 6) is 0.110. The quantitative estimate of drug-likeness (QED) is 0.874. The van der Waals surface area contributed by atoms with Gasteiger partial charge in [0.15, 0.2) is 0 Å². The molecule has 1 fully saturated rings. The lowest BCUT2D eigenvalue weighted by Crippen LogP contribution is -2.50. The van der Waals surface area contributed by atoms with Gasteiger partial charge in [-0.25, -0.2) is 0 Å². The standard InChI is InChI=1S/C17H26N2O2/c1-13-4-6-15(7-5-13)14(2)19-16(20)17(12-21-3)8-10-18-11-9-17/h4-7,14,18H,8-12H2,1-3H3,(H,19,20)/t14-/m1/s1. The molecule has 21 heavy (non-hydrogen) atoms. The van der Waals surface area contributed by atoms with E-state index < -0.39 is 0 Å². The van der Waals surface area contributed by atoms with Crippen molar-refractivity contribution >= 4 is 5.91 Å². The van der Waals surface area contributed by atoms with Gasteiger partial charge in [0.25, 0.3) is 0 Å². The summed E-state index contributed by atoms with van der Waals surface area (Å²) in [5, 5.41) is 6.47. The Balaban J connectivity index is 2.05. The molecule has 4 nitrogen and oxygen atoms in total. The summed E-state index contributed by atoms with van der Waals surface area (Å²) < 4.78 is 5.32. The van der Waals surface area contributed by atoms with E-state index in [1.807, 2.05) is 6.92 Å². The molecular formula is C17H26N2O2. The van der Waals surface area contributed by atoms with Gasteiger partial charge in [0.2, 0.25) is 5.91 Å². The summed E-state index contributed by atoms with van der Waals surface area (Å²) in [6, 6.07) is 8.32. The Kier molecular flexibility index (Phi) is 5.37. The molecule has 0 radical (unpaired) electrons. The molecule has 1 aromatic rings. The van der Waals surface area contributed by atoms with Crippen LogP contribution in [0.25, 0.3) is 0 Å². The first-order chi connectivity index (χ1) is 10.1. The molecule has 4 heteroatoms. The van der Waals surface area contributed by atoms with E-state index in [1.165, 1.54) is 5.56 Å². The number of piperidine rings is 1. The zero-order valence-electron chi connectivity index (χ0n) is 13.2. The maximum Gasteiger partial charge on any atom is 0.229 e. The topological polar surface area (TPSA) is 50.4 Å². The number of nitrogens with one attached hydrogen (secondary N) is 2. The molecule has 2 N–H and O–H groups in total. The van der Waals surface area contributed by atoms with Gasteiger partial charge >= 0.3 is 0 Å². The summed E-state index contributed by atoms with van der Waals surface area (Å²) in [5.41, 5.74) is 1.97. The van der Waals surface area contributed by atoms with E-state index >= 15 is 0 Å². The first-order valence-electron chi connectivity index (χ1n) is 7.64. The average Bonchev–Trinajstić information content (AvgIpc) is 2.49. The number of carbonyl (C=O) groups excluding carboxylic acids is 1. The van der Waals surface area contributed by atoms with Gasteiger partial charge in [-0.2, -0.15) is 0 Å². The van der Waals surface area contributed by atoms with Crippen LogP contribution in [0.2, 0.25) is 0 Å². The van der Waals surface area contributed by atoms with Crippen molar-refractivity contribution in [1.82, 2.24) is 10.6 Å². The van der Waals surface area contributed by atoms with E-state index in [-0.39, 0.29) is 17.4 Å². The minimum Gasteiger partial charge on any atom is -0.384 e. The number of ether oxygens (including phenoxy) is 1. The predicted octanol–water partition coefficient (Wildman–Crippen LogP) is 2.19. The van der Waals surface area contributed by atoms with Crippen LogP contribution in [0.1, 0.15) is 36.9 Å². The van der Waals surface area contributed by atoms with Gasteiger partial charge in [-0.1, -0.05) is 29.8 Å². The van der Waals surface area contributed by atoms with Crippen LogP contribution in [-0.2, 0) is 9.53 Å². The van der Waals surface area contributed by atoms with E-state index in [0.29, 0.717) is 6.61 Å². The molecule has 1 aliphatic heterocycles. The highest BCUT2D eigenvalue weighted by Crippen LogP contribution is 2.30. The highest BCUT2D eigenvalue weighted by molar-refractivity contribution is 5.83. The minimum atomic E-state index is -0.390. The molecule has 1 amide bonds. The van der Waals surface area contributed by atoms with Crippen molar-refractivity contribution in [3.8, 4) is 0 Å². The Morgan fingerprint density at radius 2 is 1.95 bits per heavy atom. The van der Waals surface area contributed by atoms with Crippen LogP contribution < -0.4 is 10.6 Å². The molecular weight excluding hydrogens is 264 g/mol. The highest BCUT2D eigenvalue weighted by atomic mass is 16.5. The summed E-state index contributed by atoms with van der Waals surface area (Å²) in [4.78, 5) is 12.7. The Labute approximate surface area is 127 Å². The average molecular weight is 290 g/mol. The lowest BCUT2D eigenvalue weighted by atomic mass is 9.78. The molecule has 1 atom stereocenters. The lowest BCUT2D eigenvalue weighted by molar-refractivity contribution is -0.136. The van der Waals surface area contributed by atoms with E-state index in [0.717, 1.165) is 31.5 Å². The summed E-state index contributed by atoms with van der Waals surface area (Å²) in [6.45, 7) is 6.33. The number of methoxy groups -OCH3 is 1. The zero-order valence-corrected chi connectivity index (χ0v) is 13.2. The second-order valence-corrected chi connectivity index (χ2v) is 6.07. The third-order valence-corrected chi connectivity index (χ3v) is 4.39. The van der Waals surface area contributed by atoms with Crippen molar-refractivity contribution in [3.63, 3.8) is 0 Å². The molecule has 1 heterocycles. The first-order valence-corrected chi connectivity index (χ1v) is 7.64. The maximum atomic E-state index is 12.7. The Morgan fingerprint density at radius 3 is 2.52 bits per heavy atom. The molecule has 0 aliphatic carbocycles. The zero-order chi connectivity index (χ0) is 15.3.